The number of amides is 2. The first kappa shape index (κ1) is 21.6. The number of rotatable bonds is 7. The molecule has 2 aromatic carbocycles. The average Bonchev–Trinajstić information content (AvgIpc) is 3.29. The number of carbonyl (C=O) groups is 2. The third-order valence-electron chi connectivity index (χ3n) is 5.58. The molecule has 3 N–H and O–H groups in total. The summed E-state index contributed by atoms with van der Waals surface area (Å²) >= 11 is 0. The van der Waals surface area contributed by atoms with E-state index in [1.54, 1.807) is 24.3 Å². The molecule has 7 heteroatoms. The van der Waals surface area contributed by atoms with Crippen molar-refractivity contribution in [3.8, 4) is 5.75 Å². The van der Waals surface area contributed by atoms with Gasteiger partial charge in [0.1, 0.15) is 11.8 Å². The van der Waals surface area contributed by atoms with Gasteiger partial charge in [-0.05, 0) is 24.3 Å². The quantitative estimate of drug-likeness (QED) is 0.600. The summed E-state index contributed by atoms with van der Waals surface area (Å²) in [5.41, 5.74) is 2.78. The van der Waals surface area contributed by atoms with E-state index in [9.17, 15) is 9.59 Å². The van der Waals surface area contributed by atoms with E-state index in [0.717, 1.165) is 18.8 Å². The maximum absolute atomic E-state index is 12.5. The second-order valence-corrected chi connectivity index (χ2v) is 7.77. The van der Waals surface area contributed by atoms with Gasteiger partial charge in [0.2, 0.25) is 0 Å². The minimum Gasteiger partial charge on any atom is -0.495 e. The Morgan fingerprint density at radius 2 is 1.70 bits per heavy atom. The summed E-state index contributed by atoms with van der Waals surface area (Å²) in [6, 6.07) is 15.6. The lowest BCUT2D eigenvalue weighted by Crippen LogP contribution is -3.11. The van der Waals surface area contributed by atoms with Gasteiger partial charge in [-0.3, -0.25) is 9.59 Å². The van der Waals surface area contributed by atoms with Crippen LogP contribution in [-0.4, -0.2) is 52.7 Å². The molecular weight excluding hydrogens is 380 g/mol. The number of likely N-dealkylation sites (tertiary alicyclic amines) is 1. The summed E-state index contributed by atoms with van der Waals surface area (Å²) in [6.07, 6.45) is 2.37. The molecule has 0 aromatic heterocycles. The summed E-state index contributed by atoms with van der Waals surface area (Å²) < 4.78 is 5.22. The van der Waals surface area contributed by atoms with Crippen molar-refractivity contribution in [2.75, 3.05) is 51.1 Å². The van der Waals surface area contributed by atoms with E-state index in [-0.39, 0.29) is 6.04 Å². The fourth-order valence-corrected chi connectivity index (χ4v) is 3.88. The fourth-order valence-electron chi connectivity index (χ4n) is 3.88. The van der Waals surface area contributed by atoms with Crippen LogP contribution in [0.5, 0.6) is 5.75 Å². The monoisotopic (exact) mass is 411 g/mol. The van der Waals surface area contributed by atoms with Crippen LogP contribution in [0.4, 0.5) is 11.4 Å². The average molecular weight is 412 g/mol. The Kier molecular flexibility index (Phi) is 7.30. The first-order valence-corrected chi connectivity index (χ1v) is 10.3. The topological polar surface area (TPSA) is 75.1 Å². The first-order valence-electron chi connectivity index (χ1n) is 10.3. The number of anilines is 2. The zero-order valence-electron chi connectivity index (χ0n) is 17.9. The summed E-state index contributed by atoms with van der Waals surface area (Å²) in [7, 11) is 5.55. The van der Waals surface area contributed by atoms with Crippen LogP contribution in [0.1, 0.15) is 24.4 Å². The molecule has 1 saturated heterocycles. The Labute approximate surface area is 178 Å². The van der Waals surface area contributed by atoms with E-state index in [1.165, 1.54) is 30.4 Å². The molecule has 1 aliphatic heterocycles. The summed E-state index contributed by atoms with van der Waals surface area (Å²) in [6.45, 7) is 2.56. The number of hydrogen-bond acceptors (Lipinski definition) is 4. The molecule has 0 unspecified atom stereocenters. The minimum atomic E-state index is -0.697. The van der Waals surface area contributed by atoms with Crippen molar-refractivity contribution in [3.05, 3.63) is 54.1 Å². The van der Waals surface area contributed by atoms with Crippen LogP contribution in [0.3, 0.4) is 0 Å². The minimum absolute atomic E-state index is 0.117. The third-order valence-corrected chi connectivity index (χ3v) is 5.58. The summed E-state index contributed by atoms with van der Waals surface area (Å²) in [4.78, 5) is 28.3. The van der Waals surface area contributed by atoms with Crippen LogP contribution < -0.4 is 25.2 Å². The highest BCUT2D eigenvalue weighted by Gasteiger charge is 2.28. The summed E-state index contributed by atoms with van der Waals surface area (Å²) in [5.74, 6) is -0.828. The van der Waals surface area contributed by atoms with Gasteiger partial charge in [0.05, 0.1) is 32.4 Å². The van der Waals surface area contributed by atoms with Crippen molar-refractivity contribution in [1.29, 1.82) is 0 Å². The maximum atomic E-state index is 12.5. The molecule has 30 heavy (non-hydrogen) atoms. The van der Waals surface area contributed by atoms with E-state index in [2.05, 4.69) is 39.8 Å². The molecule has 1 aliphatic rings. The number of nitrogens with zero attached hydrogens (tertiary/aromatic N) is 1. The van der Waals surface area contributed by atoms with E-state index in [0.29, 0.717) is 18.0 Å². The molecule has 3 rings (SSSR count). The number of para-hydroxylation sites is 2. The molecule has 7 nitrogen and oxygen atoms in total. The van der Waals surface area contributed by atoms with E-state index in [1.807, 2.05) is 14.1 Å². The standard InChI is InChI=1S/C23H30N4O3/c1-26(2)18-12-10-17(11-13-18)20(27-14-6-7-15-27)16-24-22(28)23(29)25-19-8-4-5-9-21(19)30-3/h4-5,8-13,20H,6-7,14-16H2,1-3H3,(H,24,28)(H,25,29)/p+1/t20-/m1/s1. The molecule has 0 spiro atoms. The van der Waals surface area contributed by atoms with Gasteiger partial charge in [-0.25, -0.2) is 0 Å². The zero-order valence-corrected chi connectivity index (χ0v) is 17.9. The number of carbonyl (C=O) groups excluding carboxylic acids is 2. The number of ether oxygens (including phenoxy) is 1. The van der Waals surface area contributed by atoms with E-state index >= 15 is 0 Å². The highest BCUT2D eigenvalue weighted by molar-refractivity contribution is 6.39. The van der Waals surface area contributed by atoms with Gasteiger partial charge in [-0.15, -0.1) is 0 Å². The van der Waals surface area contributed by atoms with Crippen LogP contribution in [-0.2, 0) is 9.59 Å². The van der Waals surface area contributed by atoms with Gasteiger partial charge in [0.15, 0.2) is 0 Å². The Hall–Kier alpha value is -3.06. The van der Waals surface area contributed by atoms with Crippen LogP contribution in [0, 0.1) is 0 Å². The van der Waals surface area contributed by atoms with Gasteiger partial charge in [-0.2, -0.15) is 0 Å². The van der Waals surface area contributed by atoms with Crippen molar-refractivity contribution in [2.45, 2.75) is 18.9 Å². The first-order chi connectivity index (χ1) is 14.5. The highest BCUT2D eigenvalue weighted by Crippen LogP contribution is 2.22. The Morgan fingerprint density at radius 1 is 1.03 bits per heavy atom. The number of quaternary nitrogens is 1. The molecule has 0 saturated carbocycles. The highest BCUT2D eigenvalue weighted by atomic mass is 16.5. The molecule has 160 valence electrons. The lowest BCUT2D eigenvalue weighted by Gasteiger charge is -2.25. The summed E-state index contributed by atoms with van der Waals surface area (Å²) in [5, 5.41) is 5.46. The molecule has 0 aliphatic carbocycles. The van der Waals surface area contributed by atoms with Crippen LogP contribution >= 0.6 is 0 Å². The second-order valence-electron chi connectivity index (χ2n) is 7.77. The Balaban J connectivity index is 1.66. The van der Waals surface area contributed by atoms with Gasteiger partial charge in [-0.1, -0.05) is 24.3 Å². The lowest BCUT2D eigenvalue weighted by molar-refractivity contribution is -0.918. The van der Waals surface area contributed by atoms with Gasteiger partial charge in [0, 0.05) is 38.2 Å². The molecule has 0 radical (unpaired) electrons. The number of methoxy groups -OCH3 is 1. The SMILES string of the molecule is COc1ccccc1NC(=O)C(=O)NC[C@H](c1ccc(N(C)C)cc1)[NH+]1CCCC1. The van der Waals surface area contributed by atoms with Crippen molar-refractivity contribution < 1.29 is 19.2 Å². The fraction of sp³-hybridized carbons (Fsp3) is 0.391. The molecule has 1 fully saturated rings. The third kappa shape index (κ3) is 5.30. The van der Waals surface area contributed by atoms with Gasteiger partial charge in [0.25, 0.3) is 0 Å². The molecule has 1 heterocycles. The van der Waals surface area contributed by atoms with Crippen LogP contribution in [0.2, 0.25) is 0 Å². The molecule has 1 atom stereocenters. The predicted octanol–water partition coefficient (Wildman–Crippen LogP) is 1.24. The Bertz CT molecular complexity index is 861. The van der Waals surface area contributed by atoms with E-state index in [4.69, 9.17) is 4.74 Å². The zero-order chi connectivity index (χ0) is 21.5. The normalized spacial score (nSPS) is 14.8. The van der Waals surface area contributed by atoms with Crippen molar-refractivity contribution >= 4 is 23.2 Å². The van der Waals surface area contributed by atoms with Crippen molar-refractivity contribution in [3.63, 3.8) is 0 Å². The van der Waals surface area contributed by atoms with Gasteiger partial charge < -0.3 is 25.2 Å². The lowest BCUT2D eigenvalue weighted by atomic mass is 10.0. The maximum Gasteiger partial charge on any atom is 0.313 e. The number of hydrogen-bond donors (Lipinski definition) is 3. The Morgan fingerprint density at radius 3 is 2.33 bits per heavy atom. The van der Waals surface area contributed by atoms with E-state index < -0.39 is 11.8 Å². The molecular formula is C23H31N4O3+. The molecule has 0 bridgehead atoms. The van der Waals surface area contributed by atoms with Gasteiger partial charge >= 0.3 is 11.8 Å². The predicted molar refractivity (Wildman–Crippen MR) is 118 cm³/mol. The molecule has 2 amide bonds. The van der Waals surface area contributed by atoms with Crippen molar-refractivity contribution in [1.82, 2.24) is 5.32 Å². The number of benzene rings is 2. The molecule has 2 aromatic rings. The van der Waals surface area contributed by atoms with Crippen molar-refractivity contribution in [2.24, 2.45) is 0 Å². The smallest absolute Gasteiger partial charge is 0.313 e. The van der Waals surface area contributed by atoms with Crippen LogP contribution in [0.25, 0.3) is 0 Å². The largest absolute Gasteiger partial charge is 0.495 e. The second kappa shape index (κ2) is 10.1. The van der Waals surface area contributed by atoms with Crippen LogP contribution in [0.15, 0.2) is 48.5 Å². The number of nitrogens with one attached hydrogen (secondary N) is 3.